The van der Waals surface area contributed by atoms with Gasteiger partial charge < -0.3 is 10.6 Å². The van der Waals surface area contributed by atoms with Gasteiger partial charge >= 0.3 is 0 Å². The predicted octanol–water partition coefficient (Wildman–Crippen LogP) is 2.32. The average molecular weight is 306 g/mol. The molecule has 2 N–H and O–H groups in total. The summed E-state index contributed by atoms with van der Waals surface area (Å²) in [6, 6.07) is 6.41. The van der Waals surface area contributed by atoms with Crippen LogP contribution in [0.1, 0.15) is 44.1 Å². The summed E-state index contributed by atoms with van der Waals surface area (Å²) in [6.45, 7) is 0.446. The molecule has 0 aromatic heterocycles. The molecule has 0 bridgehead atoms. The van der Waals surface area contributed by atoms with E-state index in [1.54, 1.807) is 12.1 Å². The first-order valence-corrected chi connectivity index (χ1v) is 7.94. The Kier molecular flexibility index (Phi) is 6.37. The minimum Gasteiger partial charge on any atom is -0.355 e. The Labute approximate surface area is 130 Å². The molecule has 1 aromatic carbocycles. The number of rotatable bonds is 6. The van der Waals surface area contributed by atoms with E-state index < -0.39 is 0 Å². The minimum absolute atomic E-state index is 0.125. The summed E-state index contributed by atoms with van der Waals surface area (Å²) in [4.78, 5) is 23.5. The van der Waals surface area contributed by atoms with Crippen LogP contribution in [0.5, 0.6) is 0 Å². The molecule has 0 heterocycles. The number of carbonyl (C=O) groups excluding carboxylic acids is 2. The van der Waals surface area contributed by atoms with Crippen LogP contribution in [-0.4, -0.2) is 24.4 Å². The lowest BCUT2D eigenvalue weighted by Gasteiger charge is -2.22. The molecule has 0 atom stereocenters. The lowest BCUT2D eigenvalue weighted by Crippen LogP contribution is -2.39. The lowest BCUT2D eigenvalue weighted by molar-refractivity contribution is -0.129. The number of nitrogens with one attached hydrogen (secondary N) is 2. The van der Waals surface area contributed by atoms with E-state index in [4.69, 9.17) is 0 Å². The highest BCUT2D eigenvalue weighted by atomic mass is 19.1. The zero-order chi connectivity index (χ0) is 15.8. The maximum absolute atomic E-state index is 12.8. The monoisotopic (exact) mass is 306 g/mol. The number of hydrogen-bond donors (Lipinski definition) is 2. The number of hydrogen-bond acceptors (Lipinski definition) is 2. The molecule has 2 amide bonds. The van der Waals surface area contributed by atoms with Gasteiger partial charge in [-0.3, -0.25) is 9.59 Å². The van der Waals surface area contributed by atoms with Crippen LogP contribution >= 0.6 is 0 Å². The van der Waals surface area contributed by atoms with Gasteiger partial charge in [-0.05, 0) is 37.0 Å². The van der Waals surface area contributed by atoms with Gasteiger partial charge in [0.25, 0.3) is 0 Å². The summed E-state index contributed by atoms with van der Waals surface area (Å²) >= 11 is 0. The topological polar surface area (TPSA) is 58.2 Å². The van der Waals surface area contributed by atoms with E-state index in [0.29, 0.717) is 13.0 Å². The van der Waals surface area contributed by atoms with Crippen molar-refractivity contribution < 1.29 is 14.0 Å². The van der Waals surface area contributed by atoms with Crippen LogP contribution < -0.4 is 10.6 Å². The van der Waals surface area contributed by atoms with Crippen LogP contribution in [0, 0.1) is 5.82 Å². The van der Waals surface area contributed by atoms with E-state index in [1.807, 2.05) is 0 Å². The molecule has 5 heteroatoms. The first-order chi connectivity index (χ1) is 10.6. The third-order valence-corrected chi connectivity index (χ3v) is 3.94. The zero-order valence-corrected chi connectivity index (χ0v) is 12.7. The summed E-state index contributed by atoms with van der Waals surface area (Å²) in [5.74, 6) is -0.742. The van der Waals surface area contributed by atoms with Gasteiger partial charge in [-0.15, -0.1) is 0 Å². The second kappa shape index (κ2) is 8.51. The molecule has 1 aliphatic carbocycles. The van der Waals surface area contributed by atoms with E-state index in [0.717, 1.165) is 31.2 Å². The van der Waals surface area contributed by atoms with E-state index in [-0.39, 0.29) is 30.1 Å². The lowest BCUT2D eigenvalue weighted by atomic mass is 9.95. The Morgan fingerprint density at radius 2 is 1.73 bits per heavy atom. The van der Waals surface area contributed by atoms with Crippen molar-refractivity contribution in [2.75, 3.05) is 6.54 Å². The predicted molar refractivity (Wildman–Crippen MR) is 82.7 cm³/mol. The van der Waals surface area contributed by atoms with Gasteiger partial charge in [0.15, 0.2) is 0 Å². The summed E-state index contributed by atoms with van der Waals surface area (Å²) in [6.07, 6.45) is 6.05. The molecular formula is C17H23FN2O2. The smallest absolute Gasteiger partial charge is 0.229 e. The van der Waals surface area contributed by atoms with Gasteiger partial charge in [0, 0.05) is 12.6 Å². The second-order valence-electron chi connectivity index (χ2n) is 5.81. The van der Waals surface area contributed by atoms with Crippen LogP contribution in [0.4, 0.5) is 4.39 Å². The second-order valence-corrected chi connectivity index (χ2v) is 5.81. The molecule has 1 fully saturated rings. The van der Waals surface area contributed by atoms with E-state index in [2.05, 4.69) is 10.6 Å². The highest BCUT2D eigenvalue weighted by Crippen LogP contribution is 2.17. The molecular weight excluding hydrogens is 283 g/mol. The Morgan fingerprint density at radius 1 is 1.05 bits per heavy atom. The third-order valence-electron chi connectivity index (χ3n) is 3.94. The van der Waals surface area contributed by atoms with Gasteiger partial charge in [-0.2, -0.15) is 0 Å². The van der Waals surface area contributed by atoms with Crippen molar-refractivity contribution in [3.05, 3.63) is 35.6 Å². The highest BCUT2D eigenvalue weighted by Gasteiger charge is 2.17. The zero-order valence-electron chi connectivity index (χ0n) is 12.7. The van der Waals surface area contributed by atoms with Gasteiger partial charge in [0.2, 0.25) is 11.8 Å². The fraction of sp³-hybridized carbons (Fsp3) is 0.529. The van der Waals surface area contributed by atoms with Crippen molar-refractivity contribution in [1.82, 2.24) is 10.6 Å². The van der Waals surface area contributed by atoms with Crippen molar-refractivity contribution in [2.45, 2.75) is 51.0 Å². The summed E-state index contributed by atoms with van der Waals surface area (Å²) in [5.41, 5.74) is 0.952. The minimum atomic E-state index is -0.271. The Morgan fingerprint density at radius 3 is 2.41 bits per heavy atom. The number of benzene rings is 1. The normalized spacial score (nSPS) is 15.3. The van der Waals surface area contributed by atoms with Gasteiger partial charge in [-0.25, -0.2) is 4.39 Å². The van der Waals surface area contributed by atoms with Crippen molar-refractivity contribution >= 4 is 11.8 Å². The van der Waals surface area contributed by atoms with E-state index >= 15 is 0 Å². The first-order valence-electron chi connectivity index (χ1n) is 7.94. The fourth-order valence-corrected chi connectivity index (χ4v) is 2.73. The SMILES string of the molecule is O=C(CC(=O)NC1CCCCC1)NCCc1ccc(F)cc1. The van der Waals surface area contributed by atoms with Crippen molar-refractivity contribution in [3.8, 4) is 0 Å². The molecule has 1 saturated carbocycles. The van der Waals surface area contributed by atoms with E-state index in [1.165, 1.54) is 18.6 Å². The molecule has 2 rings (SSSR count). The molecule has 4 nitrogen and oxygen atoms in total. The standard InChI is InChI=1S/C17H23FN2O2/c18-14-8-6-13(7-9-14)10-11-19-16(21)12-17(22)20-15-4-2-1-3-5-15/h6-9,15H,1-5,10-12H2,(H,19,21)(H,20,22). The summed E-state index contributed by atoms with van der Waals surface area (Å²) in [5, 5.41) is 5.64. The average Bonchev–Trinajstić information content (AvgIpc) is 2.50. The highest BCUT2D eigenvalue weighted by molar-refractivity contribution is 5.96. The van der Waals surface area contributed by atoms with Gasteiger partial charge in [-0.1, -0.05) is 31.4 Å². The van der Waals surface area contributed by atoms with Crippen LogP contribution in [0.2, 0.25) is 0 Å². The maximum atomic E-state index is 12.8. The van der Waals surface area contributed by atoms with Crippen LogP contribution in [0.25, 0.3) is 0 Å². The van der Waals surface area contributed by atoms with Gasteiger partial charge in [0.1, 0.15) is 12.2 Å². The van der Waals surface area contributed by atoms with Crippen LogP contribution in [0.3, 0.4) is 0 Å². The first kappa shape index (κ1) is 16.5. The van der Waals surface area contributed by atoms with Crippen LogP contribution in [-0.2, 0) is 16.0 Å². The van der Waals surface area contributed by atoms with Crippen LogP contribution in [0.15, 0.2) is 24.3 Å². The molecule has 0 unspecified atom stereocenters. The Bertz CT molecular complexity index is 496. The quantitative estimate of drug-likeness (QED) is 0.793. The molecule has 1 aromatic rings. The molecule has 0 aliphatic heterocycles. The molecule has 22 heavy (non-hydrogen) atoms. The number of halogens is 1. The third kappa shape index (κ3) is 5.84. The molecule has 1 aliphatic rings. The van der Waals surface area contributed by atoms with Gasteiger partial charge in [0.05, 0.1) is 0 Å². The van der Waals surface area contributed by atoms with Crippen molar-refractivity contribution in [2.24, 2.45) is 0 Å². The van der Waals surface area contributed by atoms with E-state index in [9.17, 15) is 14.0 Å². The molecule has 120 valence electrons. The summed E-state index contributed by atoms with van der Waals surface area (Å²) in [7, 11) is 0. The molecule has 0 radical (unpaired) electrons. The molecule has 0 saturated heterocycles. The fourth-order valence-electron chi connectivity index (χ4n) is 2.73. The Balaban J connectivity index is 1.62. The summed E-state index contributed by atoms with van der Waals surface area (Å²) < 4.78 is 12.8. The van der Waals surface area contributed by atoms with Crippen molar-refractivity contribution in [3.63, 3.8) is 0 Å². The van der Waals surface area contributed by atoms with Crippen molar-refractivity contribution in [1.29, 1.82) is 0 Å². The largest absolute Gasteiger partial charge is 0.355 e. The number of carbonyl (C=O) groups is 2. The Hall–Kier alpha value is -1.91. The molecule has 0 spiro atoms. The number of amides is 2. The maximum Gasteiger partial charge on any atom is 0.229 e.